The van der Waals surface area contributed by atoms with Crippen molar-refractivity contribution < 1.29 is 21.4 Å². The number of rotatable bonds is 3. The van der Waals surface area contributed by atoms with E-state index >= 15 is 0 Å². The fraction of sp³-hybridized carbons (Fsp3) is 0.0769. The second kappa shape index (κ2) is 4.97. The lowest BCUT2D eigenvalue weighted by Gasteiger charge is -2.10. The Balaban J connectivity index is 2.47. The van der Waals surface area contributed by atoms with Crippen LogP contribution in [0.4, 0.5) is 8.78 Å². The molecule has 0 aromatic heterocycles. The van der Waals surface area contributed by atoms with E-state index in [4.69, 9.17) is 4.18 Å². The van der Waals surface area contributed by atoms with Crippen LogP contribution in [0.25, 0.3) is 0 Å². The first kappa shape index (κ1) is 13.5. The summed E-state index contributed by atoms with van der Waals surface area (Å²) in [5, 5.41) is 0. The van der Waals surface area contributed by atoms with Gasteiger partial charge in [0.2, 0.25) is 0 Å². The van der Waals surface area contributed by atoms with Crippen LogP contribution in [0, 0.1) is 18.6 Å². The van der Waals surface area contributed by atoms with E-state index < -0.39 is 26.6 Å². The molecule has 3 nitrogen and oxygen atoms in total. The molecule has 0 amide bonds. The molecule has 6 heteroatoms. The maximum absolute atomic E-state index is 13.5. The lowest BCUT2D eigenvalue weighted by molar-refractivity contribution is 0.458. The van der Waals surface area contributed by atoms with Crippen LogP contribution in [0.1, 0.15) is 5.56 Å². The van der Waals surface area contributed by atoms with Gasteiger partial charge in [-0.25, -0.2) is 8.78 Å². The monoisotopic (exact) mass is 284 g/mol. The highest BCUT2D eigenvalue weighted by Gasteiger charge is 2.26. The standard InChI is InChI=1S/C13H10F2O3S/c1-9-5-2-3-8-12(9)18-19(16,17)13-10(14)6-4-7-11(13)15/h2-8H,1H3. The van der Waals surface area contributed by atoms with Crippen molar-refractivity contribution in [3.05, 3.63) is 59.7 Å². The summed E-state index contributed by atoms with van der Waals surface area (Å²) in [5.41, 5.74) is 0.544. The molecule has 0 saturated heterocycles. The SMILES string of the molecule is Cc1ccccc1OS(=O)(=O)c1c(F)cccc1F. The maximum atomic E-state index is 13.5. The van der Waals surface area contributed by atoms with Gasteiger partial charge in [0.05, 0.1) is 0 Å². The molecular weight excluding hydrogens is 274 g/mol. The van der Waals surface area contributed by atoms with Crippen molar-refractivity contribution in [2.75, 3.05) is 0 Å². The average molecular weight is 284 g/mol. The fourth-order valence-electron chi connectivity index (χ4n) is 1.53. The molecule has 2 aromatic rings. The molecule has 0 radical (unpaired) electrons. The van der Waals surface area contributed by atoms with Crippen LogP contribution in [0.2, 0.25) is 0 Å². The molecule has 0 atom stereocenters. The molecule has 0 aliphatic carbocycles. The van der Waals surface area contributed by atoms with E-state index in [1.165, 1.54) is 6.07 Å². The zero-order valence-electron chi connectivity index (χ0n) is 9.93. The molecule has 0 heterocycles. The number of hydrogen-bond acceptors (Lipinski definition) is 3. The second-order valence-electron chi connectivity index (χ2n) is 3.85. The predicted octanol–water partition coefficient (Wildman–Crippen LogP) is 3.04. The van der Waals surface area contributed by atoms with Crippen molar-refractivity contribution in [2.24, 2.45) is 0 Å². The van der Waals surface area contributed by atoms with Gasteiger partial charge in [0.25, 0.3) is 0 Å². The summed E-state index contributed by atoms with van der Waals surface area (Å²) in [5.74, 6) is -2.34. The van der Waals surface area contributed by atoms with Crippen molar-refractivity contribution in [3.8, 4) is 5.75 Å². The van der Waals surface area contributed by atoms with Crippen molar-refractivity contribution in [2.45, 2.75) is 11.8 Å². The highest BCUT2D eigenvalue weighted by molar-refractivity contribution is 7.87. The van der Waals surface area contributed by atoms with Gasteiger partial charge < -0.3 is 4.18 Å². The Kier molecular flexibility index (Phi) is 3.53. The lowest BCUT2D eigenvalue weighted by Crippen LogP contribution is -2.14. The zero-order chi connectivity index (χ0) is 14.0. The van der Waals surface area contributed by atoms with Gasteiger partial charge in [-0.3, -0.25) is 0 Å². The Morgan fingerprint density at radius 1 is 0.947 bits per heavy atom. The minimum atomic E-state index is -4.55. The molecule has 2 aromatic carbocycles. The third kappa shape index (κ3) is 2.73. The third-order valence-electron chi connectivity index (χ3n) is 2.46. The molecule has 2 rings (SSSR count). The first-order valence-corrected chi connectivity index (χ1v) is 6.77. The number of hydrogen-bond donors (Lipinski definition) is 0. The van der Waals surface area contributed by atoms with Gasteiger partial charge in [0, 0.05) is 0 Å². The molecule has 0 spiro atoms. The second-order valence-corrected chi connectivity index (χ2v) is 5.34. The Bertz CT molecular complexity index is 691. The number of para-hydroxylation sites is 1. The van der Waals surface area contributed by atoms with E-state index in [1.54, 1.807) is 25.1 Å². The van der Waals surface area contributed by atoms with Gasteiger partial charge in [-0.1, -0.05) is 24.3 Å². The number of benzene rings is 2. The molecular formula is C13H10F2O3S. The van der Waals surface area contributed by atoms with E-state index in [1.807, 2.05) is 0 Å². The average Bonchev–Trinajstić information content (AvgIpc) is 2.31. The molecule has 0 N–H and O–H groups in total. The van der Waals surface area contributed by atoms with Crippen molar-refractivity contribution in [1.29, 1.82) is 0 Å². The van der Waals surface area contributed by atoms with Gasteiger partial charge in [-0.15, -0.1) is 0 Å². The van der Waals surface area contributed by atoms with Crippen LogP contribution in [-0.2, 0) is 10.1 Å². The molecule has 0 fully saturated rings. The normalized spacial score (nSPS) is 11.3. The van der Waals surface area contributed by atoms with Crippen LogP contribution < -0.4 is 4.18 Å². The van der Waals surface area contributed by atoms with E-state index in [9.17, 15) is 17.2 Å². The highest BCUT2D eigenvalue weighted by Crippen LogP contribution is 2.25. The van der Waals surface area contributed by atoms with Crippen LogP contribution in [0.5, 0.6) is 5.75 Å². The van der Waals surface area contributed by atoms with Crippen LogP contribution in [-0.4, -0.2) is 8.42 Å². The Morgan fingerprint density at radius 3 is 2.11 bits per heavy atom. The van der Waals surface area contributed by atoms with E-state index in [0.717, 1.165) is 18.2 Å². The quantitative estimate of drug-likeness (QED) is 0.814. The first-order valence-electron chi connectivity index (χ1n) is 5.36. The molecule has 0 unspecified atom stereocenters. The third-order valence-corrected chi connectivity index (χ3v) is 3.75. The first-order chi connectivity index (χ1) is 8.92. The van der Waals surface area contributed by atoms with Gasteiger partial charge >= 0.3 is 10.1 Å². The summed E-state index contributed by atoms with van der Waals surface area (Å²) < 4.78 is 55.5. The zero-order valence-corrected chi connectivity index (χ0v) is 10.7. The Morgan fingerprint density at radius 2 is 1.53 bits per heavy atom. The summed E-state index contributed by atoms with van der Waals surface area (Å²) in [6.07, 6.45) is 0. The molecule has 0 saturated carbocycles. The van der Waals surface area contributed by atoms with E-state index in [2.05, 4.69) is 0 Å². The number of aryl methyl sites for hydroxylation is 1. The predicted molar refractivity (Wildman–Crippen MR) is 65.4 cm³/mol. The van der Waals surface area contributed by atoms with Gasteiger partial charge in [-0.2, -0.15) is 8.42 Å². The van der Waals surface area contributed by atoms with Crippen molar-refractivity contribution >= 4 is 10.1 Å². The molecule has 0 aliphatic heterocycles. The van der Waals surface area contributed by atoms with Crippen LogP contribution >= 0.6 is 0 Å². The van der Waals surface area contributed by atoms with E-state index in [-0.39, 0.29) is 5.75 Å². The topological polar surface area (TPSA) is 43.4 Å². The Labute approximate surface area is 109 Å². The highest BCUT2D eigenvalue weighted by atomic mass is 32.2. The minimum absolute atomic E-state index is 0.0325. The van der Waals surface area contributed by atoms with Crippen molar-refractivity contribution in [3.63, 3.8) is 0 Å². The smallest absolute Gasteiger partial charge is 0.345 e. The molecule has 19 heavy (non-hydrogen) atoms. The van der Waals surface area contributed by atoms with Gasteiger partial charge in [-0.05, 0) is 30.7 Å². The van der Waals surface area contributed by atoms with Gasteiger partial charge in [0.15, 0.2) is 4.90 Å². The fourth-order valence-corrected chi connectivity index (χ4v) is 2.65. The van der Waals surface area contributed by atoms with Crippen LogP contribution in [0.3, 0.4) is 0 Å². The van der Waals surface area contributed by atoms with Gasteiger partial charge in [0.1, 0.15) is 17.4 Å². The molecule has 0 aliphatic rings. The minimum Gasteiger partial charge on any atom is -0.379 e. The maximum Gasteiger partial charge on any atom is 0.345 e. The molecule has 100 valence electrons. The summed E-state index contributed by atoms with van der Waals surface area (Å²) in [4.78, 5) is -1.08. The summed E-state index contributed by atoms with van der Waals surface area (Å²) >= 11 is 0. The van der Waals surface area contributed by atoms with Crippen molar-refractivity contribution in [1.82, 2.24) is 0 Å². The largest absolute Gasteiger partial charge is 0.379 e. The van der Waals surface area contributed by atoms with E-state index in [0.29, 0.717) is 5.56 Å². The summed E-state index contributed by atoms with van der Waals surface area (Å²) in [7, 11) is -4.55. The molecule has 0 bridgehead atoms. The van der Waals surface area contributed by atoms with Crippen LogP contribution in [0.15, 0.2) is 47.4 Å². The lowest BCUT2D eigenvalue weighted by atomic mass is 10.2. The Hall–Kier alpha value is -1.95. The number of halogens is 2. The summed E-state index contributed by atoms with van der Waals surface area (Å²) in [6, 6.07) is 9.09. The summed E-state index contributed by atoms with van der Waals surface area (Å²) in [6.45, 7) is 1.63.